The molecule has 0 aliphatic rings. The first-order valence-electron chi connectivity index (χ1n) is 9.41. The third-order valence-electron chi connectivity index (χ3n) is 4.90. The van der Waals surface area contributed by atoms with Crippen LogP contribution in [0.2, 0.25) is 0 Å². The van der Waals surface area contributed by atoms with Crippen LogP contribution in [0.5, 0.6) is 0 Å². The summed E-state index contributed by atoms with van der Waals surface area (Å²) in [6, 6.07) is 15.9. The normalized spacial score (nSPS) is 10.6. The van der Waals surface area contributed by atoms with Crippen LogP contribution in [0.15, 0.2) is 60.9 Å². The highest BCUT2D eigenvalue weighted by Crippen LogP contribution is 2.28. The number of carbonyl (C=O) groups excluding carboxylic acids is 1. The van der Waals surface area contributed by atoms with Crippen molar-refractivity contribution in [2.45, 2.75) is 6.92 Å². The Bertz CT molecular complexity index is 1380. The summed E-state index contributed by atoms with van der Waals surface area (Å²) < 4.78 is 3.79. The number of hydrogen-bond donors (Lipinski definition) is 2. The fourth-order valence-electron chi connectivity index (χ4n) is 3.43. The summed E-state index contributed by atoms with van der Waals surface area (Å²) in [7, 11) is 1.90. The standard InChI is InChI=1S/C23H17N5O3/c1-14(29)25-21-11-17(7-8-18(21)23(30)31)20-9-10-28-22(26-20)19(13-27(28)2)16-5-3-15(12-24)4-6-16/h3-11,13H,1-2H3,(H-,25,29,30,31)/p+1. The zero-order valence-corrected chi connectivity index (χ0v) is 16.8. The Kier molecular flexibility index (Phi) is 4.93. The molecule has 0 unspecified atom stereocenters. The number of nitrogens with zero attached hydrogens (tertiary/aromatic N) is 4. The van der Waals surface area contributed by atoms with Gasteiger partial charge < -0.3 is 10.4 Å². The first-order valence-corrected chi connectivity index (χ1v) is 9.41. The monoisotopic (exact) mass is 412 g/mol. The molecule has 0 saturated heterocycles. The number of anilines is 1. The van der Waals surface area contributed by atoms with Crippen LogP contribution >= 0.6 is 0 Å². The number of aryl methyl sites for hydroxylation is 1. The summed E-state index contributed by atoms with van der Waals surface area (Å²) in [6.07, 6.45) is 3.82. The zero-order chi connectivity index (χ0) is 22.1. The van der Waals surface area contributed by atoms with E-state index in [9.17, 15) is 14.7 Å². The molecule has 0 atom stereocenters. The summed E-state index contributed by atoms with van der Waals surface area (Å²) >= 11 is 0. The van der Waals surface area contributed by atoms with Crippen molar-refractivity contribution in [3.8, 4) is 28.5 Å². The molecule has 2 aromatic carbocycles. The number of hydrogen-bond acceptors (Lipinski definition) is 4. The van der Waals surface area contributed by atoms with Crippen LogP contribution in [-0.2, 0) is 11.8 Å². The number of aromatic carboxylic acids is 1. The lowest BCUT2D eigenvalue weighted by Gasteiger charge is -2.09. The molecule has 0 radical (unpaired) electrons. The van der Waals surface area contributed by atoms with Crippen molar-refractivity contribution < 1.29 is 19.4 Å². The van der Waals surface area contributed by atoms with E-state index < -0.39 is 5.97 Å². The lowest BCUT2D eigenvalue weighted by molar-refractivity contribution is -0.737. The highest BCUT2D eigenvalue weighted by Gasteiger charge is 2.18. The number of benzene rings is 2. The summed E-state index contributed by atoms with van der Waals surface area (Å²) in [4.78, 5) is 27.8. The Morgan fingerprint density at radius 1 is 1.13 bits per heavy atom. The first kappa shape index (κ1) is 19.8. The Hall–Kier alpha value is -4.51. The topological polar surface area (TPSA) is 111 Å². The second kappa shape index (κ2) is 7.72. The van der Waals surface area contributed by atoms with E-state index in [1.54, 1.807) is 24.3 Å². The number of amides is 1. The maximum atomic E-state index is 11.5. The fourth-order valence-corrected chi connectivity index (χ4v) is 3.43. The molecule has 2 aromatic heterocycles. The third kappa shape index (κ3) is 3.72. The number of carboxylic acids is 1. The number of nitrogens with one attached hydrogen (secondary N) is 1. The number of nitriles is 1. The molecule has 152 valence electrons. The Morgan fingerprint density at radius 2 is 1.84 bits per heavy atom. The van der Waals surface area contributed by atoms with Gasteiger partial charge in [-0.15, -0.1) is 9.20 Å². The minimum Gasteiger partial charge on any atom is -0.478 e. The van der Waals surface area contributed by atoms with Crippen molar-refractivity contribution in [1.82, 2.24) is 9.50 Å². The van der Waals surface area contributed by atoms with Crippen LogP contribution in [0.4, 0.5) is 5.69 Å². The molecule has 0 aliphatic heterocycles. The van der Waals surface area contributed by atoms with E-state index in [1.807, 2.05) is 46.8 Å². The first-order chi connectivity index (χ1) is 14.9. The maximum Gasteiger partial charge on any atom is 0.337 e. The van der Waals surface area contributed by atoms with Gasteiger partial charge in [-0.2, -0.15) is 5.26 Å². The van der Waals surface area contributed by atoms with E-state index >= 15 is 0 Å². The van der Waals surface area contributed by atoms with Crippen molar-refractivity contribution in [3.63, 3.8) is 0 Å². The Balaban J connectivity index is 1.85. The van der Waals surface area contributed by atoms with Crippen LogP contribution in [0.3, 0.4) is 0 Å². The molecule has 0 saturated carbocycles. The highest BCUT2D eigenvalue weighted by molar-refractivity contribution is 6.00. The van der Waals surface area contributed by atoms with Gasteiger partial charge in [-0.25, -0.2) is 9.78 Å². The molecule has 0 fully saturated rings. The predicted molar refractivity (Wildman–Crippen MR) is 113 cm³/mol. The molecule has 8 heteroatoms. The quantitative estimate of drug-likeness (QED) is 0.501. The van der Waals surface area contributed by atoms with E-state index in [1.165, 1.54) is 13.0 Å². The second-order valence-electron chi connectivity index (χ2n) is 7.03. The number of fused-ring (bicyclic) bond motifs is 1. The summed E-state index contributed by atoms with van der Waals surface area (Å²) in [5.74, 6) is -1.48. The van der Waals surface area contributed by atoms with E-state index in [0.29, 0.717) is 22.5 Å². The molecule has 0 bridgehead atoms. The molecule has 0 aliphatic carbocycles. The molecule has 31 heavy (non-hydrogen) atoms. The summed E-state index contributed by atoms with van der Waals surface area (Å²) in [5, 5.41) is 21.0. The Morgan fingerprint density at radius 3 is 2.48 bits per heavy atom. The summed E-state index contributed by atoms with van der Waals surface area (Å²) in [5.41, 5.74) is 4.61. The molecule has 4 rings (SSSR count). The van der Waals surface area contributed by atoms with Gasteiger partial charge in [0.15, 0.2) is 7.05 Å². The number of aromatic nitrogens is 3. The largest absolute Gasteiger partial charge is 0.478 e. The van der Waals surface area contributed by atoms with Crippen molar-refractivity contribution >= 4 is 23.2 Å². The van der Waals surface area contributed by atoms with Gasteiger partial charge in [0.25, 0.3) is 0 Å². The van der Waals surface area contributed by atoms with Gasteiger partial charge in [0, 0.05) is 12.5 Å². The van der Waals surface area contributed by atoms with Crippen molar-refractivity contribution in [2.75, 3.05) is 5.32 Å². The van der Waals surface area contributed by atoms with Crippen LogP contribution in [0.25, 0.3) is 28.0 Å². The van der Waals surface area contributed by atoms with Crippen molar-refractivity contribution in [1.29, 1.82) is 5.26 Å². The van der Waals surface area contributed by atoms with Crippen LogP contribution in [-0.4, -0.2) is 26.5 Å². The molecular formula is C23H18N5O3+. The van der Waals surface area contributed by atoms with E-state index in [0.717, 1.165) is 11.1 Å². The van der Waals surface area contributed by atoms with Crippen molar-refractivity contribution in [2.24, 2.45) is 7.05 Å². The van der Waals surface area contributed by atoms with Gasteiger partial charge in [0.2, 0.25) is 17.8 Å². The third-order valence-corrected chi connectivity index (χ3v) is 4.90. The lowest BCUT2D eigenvalue weighted by Crippen LogP contribution is -2.33. The molecule has 4 aromatic rings. The average molecular weight is 412 g/mol. The van der Waals surface area contributed by atoms with Gasteiger partial charge in [0.05, 0.1) is 40.3 Å². The molecule has 8 nitrogen and oxygen atoms in total. The van der Waals surface area contributed by atoms with Crippen LogP contribution in [0.1, 0.15) is 22.8 Å². The zero-order valence-electron chi connectivity index (χ0n) is 16.8. The predicted octanol–water partition coefficient (Wildman–Crippen LogP) is 3.02. The smallest absolute Gasteiger partial charge is 0.337 e. The van der Waals surface area contributed by atoms with Gasteiger partial charge in [-0.3, -0.25) is 4.79 Å². The lowest BCUT2D eigenvalue weighted by atomic mass is 10.1. The van der Waals surface area contributed by atoms with Crippen LogP contribution in [0, 0.1) is 11.3 Å². The maximum absolute atomic E-state index is 11.5. The van der Waals surface area contributed by atoms with E-state index in [4.69, 9.17) is 10.2 Å². The minimum absolute atomic E-state index is 0.00684. The highest BCUT2D eigenvalue weighted by atomic mass is 16.4. The second-order valence-corrected chi connectivity index (χ2v) is 7.03. The van der Waals surface area contributed by atoms with E-state index in [-0.39, 0.29) is 17.2 Å². The SMILES string of the molecule is CC(=O)Nc1cc(-c2ccn3c(n2)c(-c2ccc(C#N)cc2)c[n+]3C)ccc1C(=O)O. The van der Waals surface area contributed by atoms with Crippen molar-refractivity contribution in [3.05, 3.63) is 72.1 Å². The van der Waals surface area contributed by atoms with Gasteiger partial charge >= 0.3 is 5.97 Å². The molecule has 2 N–H and O–H groups in total. The summed E-state index contributed by atoms with van der Waals surface area (Å²) in [6.45, 7) is 1.33. The fraction of sp³-hybridized carbons (Fsp3) is 0.0870. The van der Waals surface area contributed by atoms with E-state index in [2.05, 4.69) is 11.4 Å². The average Bonchev–Trinajstić information content (AvgIpc) is 3.09. The van der Waals surface area contributed by atoms with Gasteiger partial charge in [-0.05, 0) is 35.9 Å². The number of carboxylic acid groups (broad SMARTS) is 1. The van der Waals surface area contributed by atoms with Gasteiger partial charge in [-0.1, -0.05) is 18.2 Å². The Labute approximate surface area is 177 Å². The van der Waals surface area contributed by atoms with Gasteiger partial charge in [0.1, 0.15) is 0 Å². The molecule has 0 spiro atoms. The number of carbonyl (C=O) groups is 2. The molecular weight excluding hydrogens is 394 g/mol. The molecule has 2 heterocycles. The molecule has 1 amide bonds. The number of rotatable bonds is 4. The minimum atomic E-state index is -1.12. The van der Waals surface area contributed by atoms with Crippen LogP contribution < -0.4 is 10.00 Å².